The van der Waals surface area contributed by atoms with Crippen LogP contribution in [-0.2, 0) is 11.3 Å². The van der Waals surface area contributed by atoms with Gasteiger partial charge in [0.2, 0.25) is 0 Å². The second kappa shape index (κ2) is 11.0. The molecule has 180 valence electrons. The number of carbonyl (C=O) groups excluding carboxylic acids is 1. The van der Waals surface area contributed by atoms with Crippen molar-refractivity contribution < 1.29 is 23.5 Å². The van der Waals surface area contributed by atoms with Crippen molar-refractivity contribution in [2.24, 2.45) is 5.92 Å². The Kier molecular flexibility index (Phi) is 7.88. The number of carbonyl (C=O) groups is 1. The molecule has 4 rings (SSSR count). The highest BCUT2D eigenvalue weighted by Gasteiger charge is 2.25. The quantitative estimate of drug-likeness (QED) is 0.601. The Hall–Kier alpha value is -2.58. The standard InChI is InChI=1S/C25H35N3O5/c1-18-22(19(2)33-26-18)17-32-23-5-4-21(16-24(23)30-3)25(29)28-10-7-20(8-11-28)6-9-27-12-14-31-15-13-27/h4-5,16,20H,6-15,17H2,1-3H3. The van der Waals surface area contributed by atoms with Crippen molar-refractivity contribution in [3.05, 3.63) is 40.8 Å². The van der Waals surface area contributed by atoms with Gasteiger partial charge in [-0.15, -0.1) is 0 Å². The lowest BCUT2D eigenvalue weighted by atomic mass is 9.93. The first-order valence-electron chi connectivity index (χ1n) is 11.9. The molecule has 2 fully saturated rings. The van der Waals surface area contributed by atoms with E-state index in [0.29, 0.717) is 29.6 Å². The Morgan fingerprint density at radius 2 is 1.88 bits per heavy atom. The molecule has 2 aromatic rings. The largest absolute Gasteiger partial charge is 0.493 e. The first-order valence-corrected chi connectivity index (χ1v) is 11.9. The number of methoxy groups -OCH3 is 1. The first kappa shape index (κ1) is 23.6. The number of amides is 1. The summed E-state index contributed by atoms with van der Waals surface area (Å²) in [5.74, 6) is 2.62. The summed E-state index contributed by atoms with van der Waals surface area (Å²) in [4.78, 5) is 17.6. The Bertz CT molecular complexity index is 911. The average molecular weight is 458 g/mol. The predicted molar refractivity (Wildman–Crippen MR) is 124 cm³/mol. The highest BCUT2D eigenvalue weighted by atomic mass is 16.5. The maximum Gasteiger partial charge on any atom is 0.253 e. The molecule has 0 atom stereocenters. The number of benzene rings is 1. The van der Waals surface area contributed by atoms with Gasteiger partial charge in [0.15, 0.2) is 11.5 Å². The lowest BCUT2D eigenvalue weighted by Crippen LogP contribution is -2.40. The van der Waals surface area contributed by atoms with Crippen LogP contribution in [0.4, 0.5) is 0 Å². The monoisotopic (exact) mass is 457 g/mol. The second-order valence-corrected chi connectivity index (χ2v) is 8.94. The molecular formula is C25H35N3O5. The third-order valence-corrected chi connectivity index (χ3v) is 6.82. The number of rotatable bonds is 8. The number of nitrogens with zero attached hydrogens (tertiary/aromatic N) is 3. The highest BCUT2D eigenvalue weighted by Crippen LogP contribution is 2.31. The third kappa shape index (κ3) is 5.86. The third-order valence-electron chi connectivity index (χ3n) is 6.82. The van der Waals surface area contributed by atoms with E-state index in [4.69, 9.17) is 18.7 Å². The van der Waals surface area contributed by atoms with Crippen LogP contribution in [0.15, 0.2) is 22.7 Å². The summed E-state index contributed by atoms with van der Waals surface area (Å²) in [6, 6.07) is 5.40. The Morgan fingerprint density at radius 3 is 2.55 bits per heavy atom. The fraction of sp³-hybridized carbons (Fsp3) is 0.600. The molecule has 0 aliphatic carbocycles. The number of hydrogen-bond acceptors (Lipinski definition) is 7. The van der Waals surface area contributed by atoms with E-state index in [2.05, 4.69) is 10.1 Å². The normalized spacial score (nSPS) is 17.8. The van der Waals surface area contributed by atoms with Gasteiger partial charge in [-0.3, -0.25) is 9.69 Å². The van der Waals surface area contributed by atoms with E-state index in [1.165, 1.54) is 6.42 Å². The van der Waals surface area contributed by atoms with Gasteiger partial charge in [0, 0.05) is 31.7 Å². The van der Waals surface area contributed by atoms with Crippen molar-refractivity contribution in [1.29, 1.82) is 0 Å². The molecule has 2 aliphatic rings. The van der Waals surface area contributed by atoms with E-state index in [0.717, 1.165) is 75.8 Å². The van der Waals surface area contributed by atoms with Crippen molar-refractivity contribution in [3.8, 4) is 11.5 Å². The van der Waals surface area contributed by atoms with Crippen LogP contribution in [0.5, 0.6) is 11.5 Å². The van der Waals surface area contributed by atoms with Gasteiger partial charge in [-0.2, -0.15) is 0 Å². The summed E-state index contributed by atoms with van der Waals surface area (Å²) in [6.07, 6.45) is 3.32. The highest BCUT2D eigenvalue weighted by molar-refractivity contribution is 5.95. The van der Waals surface area contributed by atoms with Gasteiger partial charge < -0.3 is 23.6 Å². The minimum Gasteiger partial charge on any atom is -0.493 e. The average Bonchev–Trinajstić information content (AvgIpc) is 3.18. The van der Waals surface area contributed by atoms with Crippen LogP contribution in [0.25, 0.3) is 0 Å². The van der Waals surface area contributed by atoms with E-state index in [1.807, 2.05) is 24.8 Å². The van der Waals surface area contributed by atoms with Gasteiger partial charge in [0.1, 0.15) is 12.4 Å². The first-order chi connectivity index (χ1) is 16.0. The maximum atomic E-state index is 13.1. The predicted octanol–water partition coefficient (Wildman–Crippen LogP) is 3.45. The number of piperidine rings is 1. The molecule has 8 heteroatoms. The van der Waals surface area contributed by atoms with Crippen LogP contribution in [0.1, 0.15) is 46.6 Å². The molecule has 8 nitrogen and oxygen atoms in total. The smallest absolute Gasteiger partial charge is 0.253 e. The van der Waals surface area contributed by atoms with Gasteiger partial charge in [-0.05, 0) is 63.8 Å². The van der Waals surface area contributed by atoms with Crippen molar-refractivity contribution in [2.45, 2.75) is 39.7 Å². The Morgan fingerprint density at radius 1 is 1.12 bits per heavy atom. The molecule has 0 spiro atoms. The van der Waals surface area contributed by atoms with Gasteiger partial charge in [0.05, 0.1) is 31.6 Å². The van der Waals surface area contributed by atoms with E-state index >= 15 is 0 Å². The van der Waals surface area contributed by atoms with Crippen LogP contribution < -0.4 is 9.47 Å². The summed E-state index contributed by atoms with van der Waals surface area (Å²) < 4.78 is 22.1. The molecule has 1 amide bonds. The minimum atomic E-state index is 0.0530. The van der Waals surface area contributed by atoms with Crippen molar-refractivity contribution in [3.63, 3.8) is 0 Å². The van der Waals surface area contributed by atoms with Crippen LogP contribution in [0.3, 0.4) is 0 Å². The molecule has 0 bridgehead atoms. The van der Waals surface area contributed by atoms with Crippen molar-refractivity contribution in [1.82, 2.24) is 15.0 Å². The minimum absolute atomic E-state index is 0.0530. The van der Waals surface area contributed by atoms with Crippen molar-refractivity contribution >= 4 is 5.91 Å². The fourth-order valence-electron chi connectivity index (χ4n) is 4.57. The number of aryl methyl sites for hydroxylation is 2. The zero-order valence-electron chi connectivity index (χ0n) is 20.0. The molecule has 1 aromatic heterocycles. The number of morpholine rings is 1. The summed E-state index contributed by atoms with van der Waals surface area (Å²) >= 11 is 0. The van der Waals surface area contributed by atoms with E-state index < -0.39 is 0 Å². The van der Waals surface area contributed by atoms with Gasteiger partial charge in [0.25, 0.3) is 5.91 Å². The Balaban J connectivity index is 1.30. The summed E-state index contributed by atoms with van der Waals surface area (Å²) in [7, 11) is 1.59. The maximum absolute atomic E-state index is 13.1. The van der Waals surface area contributed by atoms with Crippen molar-refractivity contribution in [2.75, 3.05) is 53.0 Å². The number of aromatic nitrogens is 1. The fourth-order valence-corrected chi connectivity index (χ4v) is 4.57. The number of hydrogen-bond donors (Lipinski definition) is 0. The molecular weight excluding hydrogens is 422 g/mol. The van der Waals surface area contributed by atoms with E-state index in [1.54, 1.807) is 19.2 Å². The number of likely N-dealkylation sites (tertiary alicyclic amines) is 1. The van der Waals surface area contributed by atoms with Gasteiger partial charge in [-0.1, -0.05) is 5.16 Å². The SMILES string of the molecule is COc1cc(C(=O)N2CCC(CCN3CCOCC3)CC2)ccc1OCc1c(C)noc1C. The van der Waals surface area contributed by atoms with E-state index in [9.17, 15) is 4.79 Å². The second-order valence-electron chi connectivity index (χ2n) is 8.94. The zero-order chi connectivity index (χ0) is 23.2. The molecule has 33 heavy (non-hydrogen) atoms. The molecule has 2 saturated heterocycles. The lowest BCUT2D eigenvalue weighted by Gasteiger charge is -2.34. The summed E-state index contributed by atoms with van der Waals surface area (Å²) in [5, 5.41) is 3.96. The summed E-state index contributed by atoms with van der Waals surface area (Å²) in [5.41, 5.74) is 2.36. The van der Waals surface area contributed by atoms with Crippen LogP contribution >= 0.6 is 0 Å². The molecule has 0 N–H and O–H groups in total. The molecule has 2 aliphatic heterocycles. The molecule has 0 saturated carbocycles. The zero-order valence-corrected chi connectivity index (χ0v) is 20.0. The molecule has 0 unspecified atom stereocenters. The van der Waals surface area contributed by atoms with Crippen LogP contribution in [-0.4, -0.2) is 73.9 Å². The molecule has 0 radical (unpaired) electrons. The van der Waals surface area contributed by atoms with Crippen LogP contribution in [0.2, 0.25) is 0 Å². The van der Waals surface area contributed by atoms with E-state index in [-0.39, 0.29) is 5.91 Å². The molecule has 3 heterocycles. The Labute approximate surface area is 195 Å². The van der Waals surface area contributed by atoms with Crippen LogP contribution in [0, 0.1) is 19.8 Å². The lowest BCUT2D eigenvalue weighted by molar-refractivity contribution is 0.0332. The van der Waals surface area contributed by atoms with Gasteiger partial charge in [-0.25, -0.2) is 0 Å². The summed E-state index contributed by atoms with van der Waals surface area (Å²) in [6.45, 7) is 10.6. The topological polar surface area (TPSA) is 77.3 Å². The number of ether oxygens (including phenoxy) is 3. The van der Waals surface area contributed by atoms with Gasteiger partial charge >= 0.3 is 0 Å². The molecule has 1 aromatic carbocycles.